The second-order valence-corrected chi connectivity index (χ2v) is 4.85. The van der Waals surface area contributed by atoms with Gasteiger partial charge in [0.15, 0.2) is 0 Å². The Kier molecular flexibility index (Phi) is 4.20. The van der Waals surface area contributed by atoms with E-state index in [0.29, 0.717) is 13.1 Å². The molecule has 2 heterocycles. The van der Waals surface area contributed by atoms with Crippen LogP contribution in [0.1, 0.15) is 5.76 Å². The highest BCUT2D eigenvalue weighted by Crippen LogP contribution is 2.20. The lowest BCUT2D eigenvalue weighted by atomic mass is 10.1. The summed E-state index contributed by atoms with van der Waals surface area (Å²) < 4.78 is 6.34. The summed E-state index contributed by atoms with van der Waals surface area (Å²) in [7, 11) is 1.66. The number of nitrogens with one attached hydrogen (secondary N) is 2. The van der Waals surface area contributed by atoms with Crippen molar-refractivity contribution < 1.29 is 9.21 Å². The quantitative estimate of drug-likeness (QED) is 0.857. The molecule has 0 bridgehead atoms. The molecule has 1 aromatic heterocycles. The number of carbonyl (C=O) groups excluding carboxylic acids is 1. The van der Waals surface area contributed by atoms with Gasteiger partial charge in [-0.05, 0) is 22.0 Å². The first-order chi connectivity index (χ1) is 8.22. The van der Waals surface area contributed by atoms with E-state index in [-0.39, 0.29) is 11.9 Å². The molecule has 17 heavy (non-hydrogen) atoms. The fraction of sp³-hybridized carbons (Fsp3) is 0.545. The van der Waals surface area contributed by atoms with Crippen LogP contribution < -0.4 is 10.6 Å². The maximum absolute atomic E-state index is 11.8. The number of halogens is 1. The lowest BCUT2D eigenvalue weighted by molar-refractivity contribution is -0.126. The second kappa shape index (κ2) is 5.66. The largest absolute Gasteiger partial charge is 0.467 e. The van der Waals surface area contributed by atoms with Crippen molar-refractivity contribution in [2.24, 2.45) is 0 Å². The summed E-state index contributed by atoms with van der Waals surface area (Å²) in [5.74, 6) is 0.903. The number of nitrogens with zero attached hydrogens (tertiary/aromatic N) is 1. The Morgan fingerprint density at radius 3 is 3.24 bits per heavy atom. The Morgan fingerprint density at radius 2 is 2.59 bits per heavy atom. The average molecular weight is 302 g/mol. The molecule has 0 aromatic carbocycles. The molecule has 0 spiro atoms. The maximum atomic E-state index is 11.8. The highest BCUT2D eigenvalue weighted by atomic mass is 79.9. The fourth-order valence-corrected chi connectivity index (χ4v) is 2.31. The van der Waals surface area contributed by atoms with E-state index in [4.69, 9.17) is 4.42 Å². The molecule has 2 rings (SSSR count). The minimum absolute atomic E-state index is 0.0416. The molecule has 1 atom stereocenters. The van der Waals surface area contributed by atoms with Crippen molar-refractivity contribution in [2.75, 3.05) is 26.7 Å². The molecule has 1 unspecified atom stereocenters. The van der Waals surface area contributed by atoms with Crippen LogP contribution in [0.4, 0.5) is 0 Å². The van der Waals surface area contributed by atoms with Crippen LogP contribution in [0.25, 0.3) is 0 Å². The van der Waals surface area contributed by atoms with Gasteiger partial charge in [-0.1, -0.05) is 0 Å². The van der Waals surface area contributed by atoms with Gasteiger partial charge in [-0.2, -0.15) is 0 Å². The average Bonchev–Trinajstić information content (AvgIpc) is 2.75. The lowest BCUT2D eigenvalue weighted by Crippen LogP contribution is -2.56. The van der Waals surface area contributed by atoms with Crippen LogP contribution in [0.3, 0.4) is 0 Å². The highest BCUT2D eigenvalue weighted by Gasteiger charge is 2.28. The molecule has 1 aliphatic rings. The molecule has 1 aromatic rings. The zero-order valence-electron chi connectivity index (χ0n) is 9.70. The summed E-state index contributed by atoms with van der Waals surface area (Å²) in [5.41, 5.74) is 0. The Bertz CT molecular complexity index is 394. The first kappa shape index (κ1) is 12.6. The van der Waals surface area contributed by atoms with Gasteiger partial charge in [0.05, 0.1) is 17.3 Å². The van der Waals surface area contributed by atoms with Gasteiger partial charge in [-0.3, -0.25) is 9.69 Å². The van der Waals surface area contributed by atoms with E-state index >= 15 is 0 Å². The van der Waals surface area contributed by atoms with Crippen molar-refractivity contribution in [3.8, 4) is 0 Å². The van der Waals surface area contributed by atoms with Crippen LogP contribution in [0.5, 0.6) is 0 Å². The number of hydrogen-bond acceptors (Lipinski definition) is 4. The summed E-state index contributed by atoms with van der Waals surface area (Å²) in [6, 6.07) is 1.73. The predicted octanol–water partition coefficient (Wildman–Crippen LogP) is 0.562. The van der Waals surface area contributed by atoms with Crippen molar-refractivity contribution in [1.82, 2.24) is 15.5 Å². The Hall–Kier alpha value is -0.850. The standard InChI is InChI=1S/C11H16BrN3O2/c1-13-11(16)9-6-14-3-4-15(9)7-10-8(12)2-5-17-10/h2,5,9,14H,3-4,6-7H2,1H3,(H,13,16). The Morgan fingerprint density at radius 1 is 1.76 bits per heavy atom. The van der Waals surface area contributed by atoms with Gasteiger partial charge in [0.2, 0.25) is 5.91 Å². The van der Waals surface area contributed by atoms with E-state index in [1.54, 1.807) is 13.3 Å². The van der Waals surface area contributed by atoms with Gasteiger partial charge < -0.3 is 15.1 Å². The van der Waals surface area contributed by atoms with Crippen molar-refractivity contribution in [2.45, 2.75) is 12.6 Å². The summed E-state index contributed by atoms with van der Waals surface area (Å²) in [6.45, 7) is 3.06. The number of amides is 1. The molecule has 0 saturated carbocycles. The van der Waals surface area contributed by atoms with E-state index in [1.807, 2.05) is 6.07 Å². The van der Waals surface area contributed by atoms with Crippen LogP contribution in [-0.2, 0) is 11.3 Å². The number of rotatable bonds is 3. The van der Waals surface area contributed by atoms with Gasteiger partial charge in [0.25, 0.3) is 0 Å². The molecule has 1 saturated heterocycles. The monoisotopic (exact) mass is 301 g/mol. The van der Waals surface area contributed by atoms with E-state index in [2.05, 4.69) is 31.5 Å². The third kappa shape index (κ3) is 2.88. The summed E-state index contributed by atoms with van der Waals surface area (Å²) in [4.78, 5) is 13.9. The smallest absolute Gasteiger partial charge is 0.238 e. The molecule has 1 amide bonds. The van der Waals surface area contributed by atoms with Crippen LogP contribution in [0, 0.1) is 0 Å². The summed E-state index contributed by atoms with van der Waals surface area (Å²) in [5, 5.41) is 5.93. The molecule has 1 fully saturated rings. The fourth-order valence-electron chi connectivity index (χ4n) is 1.98. The van der Waals surface area contributed by atoms with Crippen LogP contribution in [0.15, 0.2) is 21.2 Å². The van der Waals surface area contributed by atoms with Crippen LogP contribution in [-0.4, -0.2) is 43.5 Å². The van der Waals surface area contributed by atoms with Gasteiger partial charge in [0.1, 0.15) is 11.8 Å². The number of hydrogen-bond donors (Lipinski definition) is 2. The number of piperazine rings is 1. The van der Waals surface area contributed by atoms with E-state index in [0.717, 1.165) is 23.3 Å². The van der Waals surface area contributed by atoms with Crippen LogP contribution >= 0.6 is 15.9 Å². The molecule has 6 heteroatoms. The SMILES string of the molecule is CNC(=O)C1CNCCN1Cc1occc1Br. The normalized spacial score (nSPS) is 21.4. The molecular formula is C11H16BrN3O2. The first-order valence-electron chi connectivity index (χ1n) is 5.60. The number of furan rings is 1. The van der Waals surface area contributed by atoms with Crippen molar-refractivity contribution in [3.05, 3.63) is 22.6 Å². The van der Waals surface area contributed by atoms with Gasteiger partial charge >= 0.3 is 0 Å². The number of likely N-dealkylation sites (N-methyl/N-ethyl adjacent to an activating group) is 1. The zero-order chi connectivity index (χ0) is 12.3. The van der Waals surface area contributed by atoms with Crippen LogP contribution in [0.2, 0.25) is 0 Å². The molecule has 0 aliphatic carbocycles. The highest BCUT2D eigenvalue weighted by molar-refractivity contribution is 9.10. The van der Waals surface area contributed by atoms with E-state index < -0.39 is 0 Å². The van der Waals surface area contributed by atoms with Crippen molar-refractivity contribution >= 4 is 21.8 Å². The third-order valence-corrected chi connectivity index (χ3v) is 3.65. The minimum Gasteiger partial charge on any atom is -0.467 e. The van der Waals surface area contributed by atoms with Crippen molar-refractivity contribution in [1.29, 1.82) is 0 Å². The zero-order valence-corrected chi connectivity index (χ0v) is 11.3. The summed E-state index contributed by atoms with van der Waals surface area (Å²) in [6.07, 6.45) is 1.65. The lowest BCUT2D eigenvalue weighted by Gasteiger charge is -2.34. The first-order valence-corrected chi connectivity index (χ1v) is 6.40. The Balaban J connectivity index is 2.06. The molecule has 94 valence electrons. The molecule has 1 aliphatic heterocycles. The van der Waals surface area contributed by atoms with Gasteiger partial charge in [0, 0.05) is 26.7 Å². The predicted molar refractivity (Wildman–Crippen MR) is 67.5 cm³/mol. The number of carbonyl (C=O) groups is 1. The van der Waals surface area contributed by atoms with E-state index in [1.165, 1.54) is 0 Å². The minimum atomic E-state index is -0.134. The van der Waals surface area contributed by atoms with Gasteiger partial charge in [-0.15, -0.1) is 0 Å². The molecular weight excluding hydrogens is 286 g/mol. The van der Waals surface area contributed by atoms with E-state index in [9.17, 15) is 4.79 Å². The Labute approximate surface area is 109 Å². The van der Waals surface area contributed by atoms with Gasteiger partial charge in [-0.25, -0.2) is 0 Å². The summed E-state index contributed by atoms with van der Waals surface area (Å²) >= 11 is 3.43. The molecule has 5 nitrogen and oxygen atoms in total. The third-order valence-electron chi connectivity index (χ3n) is 2.94. The van der Waals surface area contributed by atoms with Crippen molar-refractivity contribution in [3.63, 3.8) is 0 Å². The second-order valence-electron chi connectivity index (χ2n) is 4.00. The maximum Gasteiger partial charge on any atom is 0.238 e. The molecule has 0 radical (unpaired) electrons. The molecule has 2 N–H and O–H groups in total. The topological polar surface area (TPSA) is 57.5 Å².